The van der Waals surface area contributed by atoms with Gasteiger partial charge in [0.2, 0.25) is 5.91 Å². The first-order valence-corrected chi connectivity index (χ1v) is 11.3. The maximum absolute atomic E-state index is 13.2. The molecule has 2 aliphatic rings. The lowest BCUT2D eigenvalue weighted by Gasteiger charge is -2.30. The number of aryl methyl sites for hydroxylation is 1. The smallest absolute Gasteiger partial charge is 0.270 e. The fourth-order valence-corrected chi connectivity index (χ4v) is 4.42. The number of amides is 1. The van der Waals surface area contributed by atoms with Gasteiger partial charge in [-0.3, -0.25) is 14.9 Å². The maximum atomic E-state index is 13.2. The van der Waals surface area contributed by atoms with Crippen LogP contribution in [-0.2, 0) is 4.79 Å². The Morgan fingerprint density at radius 3 is 2.56 bits per heavy atom. The van der Waals surface area contributed by atoms with Gasteiger partial charge in [-0.05, 0) is 44.3 Å². The number of carbonyl (C=O) groups excluding carboxylic acids is 1. The number of nitro groups is 1. The molecule has 32 heavy (non-hydrogen) atoms. The van der Waals surface area contributed by atoms with Crippen molar-refractivity contribution in [1.29, 1.82) is 0 Å². The molecular formula is C25H30N4O3. The molecule has 0 aliphatic carbocycles. The lowest BCUT2D eigenvalue weighted by Crippen LogP contribution is -2.36. The highest BCUT2D eigenvalue weighted by molar-refractivity contribution is 6.03. The van der Waals surface area contributed by atoms with Crippen molar-refractivity contribution in [3.63, 3.8) is 0 Å². The Kier molecular flexibility index (Phi) is 6.65. The normalized spacial score (nSPS) is 19.8. The molecule has 0 bridgehead atoms. The van der Waals surface area contributed by atoms with E-state index in [2.05, 4.69) is 16.9 Å². The van der Waals surface area contributed by atoms with Gasteiger partial charge in [-0.1, -0.05) is 48.9 Å². The van der Waals surface area contributed by atoms with E-state index in [0.717, 1.165) is 36.7 Å². The van der Waals surface area contributed by atoms with Gasteiger partial charge in [0.25, 0.3) is 5.69 Å². The summed E-state index contributed by atoms with van der Waals surface area (Å²) < 4.78 is 0. The van der Waals surface area contributed by atoms with E-state index in [1.54, 1.807) is 11.1 Å². The van der Waals surface area contributed by atoms with Crippen LogP contribution < -0.4 is 0 Å². The fraction of sp³-hybridized carbons (Fsp3) is 0.440. The topological polar surface area (TPSA) is 79.0 Å². The summed E-state index contributed by atoms with van der Waals surface area (Å²) in [5, 5.41) is 17.5. The van der Waals surface area contributed by atoms with Gasteiger partial charge in [0.1, 0.15) is 0 Å². The van der Waals surface area contributed by atoms with Crippen molar-refractivity contribution >= 4 is 17.3 Å². The van der Waals surface area contributed by atoms with Crippen LogP contribution in [0.1, 0.15) is 55.3 Å². The summed E-state index contributed by atoms with van der Waals surface area (Å²) in [5.74, 6) is 0.753. The second kappa shape index (κ2) is 9.61. The molecule has 168 valence electrons. The summed E-state index contributed by atoms with van der Waals surface area (Å²) in [7, 11) is 0. The largest absolute Gasteiger partial charge is 0.303 e. The zero-order valence-electron chi connectivity index (χ0n) is 18.7. The van der Waals surface area contributed by atoms with Crippen LogP contribution in [0.2, 0.25) is 0 Å². The molecule has 2 aromatic rings. The van der Waals surface area contributed by atoms with E-state index >= 15 is 0 Å². The van der Waals surface area contributed by atoms with E-state index < -0.39 is 4.92 Å². The molecule has 1 fully saturated rings. The van der Waals surface area contributed by atoms with Crippen molar-refractivity contribution in [2.24, 2.45) is 11.0 Å². The van der Waals surface area contributed by atoms with E-state index in [1.807, 2.05) is 37.3 Å². The summed E-state index contributed by atoms with van der Waals surface area (Å²) in [5.41, 5.74) is 3.61. The first kappa shape index (κ1) is 22.1. The average Bonchev–Trinajstić information content (AvgIpc) is 3.25. The van der Waals surface area contributed by atoms with Crippen LogP contribution in [0.3, 0.4) is 0 Å². The second-order valence-corrected chi connectivity index (χ2v) is 9.00. The maximum Gasteiger partial charge on any atom is 0.270 e. The molecule has 2 aromatic carbocycles. The molecule has 0 saturated carbocycles. The van der Waals surface area contributed by atoms with Crippen LogP contribution in [0.4, 0.5) is 5.69 Å². The van der Waals surface area contributed by atoms with Gasteiger partial charge in [0.05, 0.1) is 16.7 Å². The number of hydrazone groups is 1. The third-order valence-corrected chi connectivity index (χ3v) is 6.54. The third kappa shape index (κ3) is 5.05. The Morgan fingerprint density at radius 2 is 1.88 bits per heavy atom. The van der Waals surface area contributed by atoms with Crippen molar-refractivity contribution < 1.29 is 9.72 Å². The number of nitrogens with zero attached hydrogens (tertiary/aromatic N) is 4. The Morgan fingerprint density at radius 1 is 1.16 bits per heavy atom. The Labute approximate surface area is 188 Å². The van der Waals surface area contributed by atoms with Gasteiger partial charge >= 0.3 is 0 Å². The summed E-state index contributed by atoms with van der Waals surface area (Å²) in [6.45, 7) is 7.13. The summed E-state index contributed by atoms with van der Waals surface area (Å²) >= 11 is 0. The number of benzene rings is 2. The van der Waals surface area contributed by atoms with E-state index in [0.29, 0.717) is 24.1 Å². The fourth-order valence-electron chi connectivity index (χ4n) is 4.42. The minimum absolute atomic E-state index is 0.00497. The molecule has 2 heterocycles. The molecule has 0 spiro atoms. The predicted molar refractivity (Wildman–Crippen MR) is 124 cm³/mol. The number of hydrogen-bond acceptors (Lipinski definition) is 5. The second-order valence-electron chi connectivity index (χ2n) is 9.00. The SMILES string of the molecule is Cc1ccc([C@@H]2CC(c3cccc([N+](=O)[O-])c3)=NN2C(=O)CCN2CCC(C)CC2)cc1. The van der Waals surface area contributed by atoms with Crippen molar-refractivity contribution in [3.05, 3.63) is 75.3 Å². The van der Waals surface area contributed by atoms with Crippen molar-refractivity contribution in [2.75, 3.05) is 19.6 Å². The van der Waals surface area contributed by atoms with Crippen LogP contribution in [0.15, 0.2) is 53.6 Å². The molecule has 2 aliphatic heterocycles. The zero-order valence-corrected chi connectivity index (χ0v) is 18.7. The van der Waals surface area contributed by atoms with Crippen molar-refractivity contribution in [3.8, 4) is 0 Å². The molecule has 0 unspecified atom stereocenters. The van der Waals surface area contributed by atoms with E-state index in [1.165, 1.54) is 25.0 Å². The van der Waals surface area contributed by atoms with Crippen LogP contribution in [0.5, 0.6) is 0 Å². The van der Waals surface area contributed by atoms with Crippen molar-refractivity contribution in [1.82, 2.24) is 9.91 Å². The van der Waals surface area contributed by atoms with Crippen LogP contribution in [0.25, 0.3) is 0 Å². The highest BCUT2D eigenvalue weighted by Crippen LogP contribution is 2.34. The number of hydrogen-bond donors (Lipinski definition) is 0. The van der Waals surface area contributed by atoms with Gasteiger partial charge < -0.3 is 4.90 Å². The molecule has 1 saturated heterocycles. The third-order valence-electron chi connectivity index (χ3n) is 6.54. The summed E-state index contributed by atoms with van der Waals surface area (Å²) in [6.07, 6.45) is 3.32. The minimum Gasteiger partial charge on any atom is -0.303 e. The number of carbonyl (C=O) groups is 1. The number of piperidine rings is 1. The Bertz CT molecular complexity index is 1010. The van der Waals surface area contributed by atoms with Crippen LogP contribution in [0, 0.1) is 23.0 Å². The number of nitro benzene ring substituents is 1. The van der Waals surface area contributed by atoms with Gasteiger partial charge in [0.15, 0.2) is 0 Å². The first-order valence-electron chi connectivity index (χ1n) is 11.3. The van der Waals surface area contributed by atoms with E-state index in [-0.39, 0.29) is 17.6 Å². The monoisotopic (exact) mass is 434 g/mol. The summed E-state index contributed by atoms with van der Waals surface area (Å²) in [4.78, 5) is 26.4. The highest BCUT2D eigenvalue weighted by atomic mass is 16.6. The molecule has 1 amide bonds. The minimum atomic E-state index is -0.404. The Hall–Kier alpha value is -3.06. The molecule has 4 rings (SSSR count). The van der Waals surface area contributed by atoms with E-state index in [9.17, 15) is 14.9 Å². The molecular weight excluding hydrogens is 404 g/mol. The first-order chi connectivity index (χ1) is 15.4. The molecule has 1 atom stereocenters. The predicted octanol–water partition coefficient (Wildman–Crippen LogP) is 4.70. The summed E-state index contributed by atoms with van der Waals surface area (Å²) in [6, 6.07) is 14.5. The molecule has 7 nitrogen and oxygen atoms in total. The van der Waals surface area contributed by atoms with Gasteiger partial charge in [-0.15, -0.1) is 0 Å². The molecule has 0 N–H and O–H groups in total. The lowest BCUT2D eigenvalue weighted by molar-refractivity contribution is -0.384. The highest BCUT2D eigenvalue weighted by Gasteiger charge is 2.33. The number of non-ortho nitro benzene ring substituents is 1. The Balaban J connectivity index is 1.55. The zero-order chi connectivity index (χ0) is 22.7. The van der Waals surface area contributed by atoms with Gasteiger partial charge in [0, 0.05) is 37.1 Å². The standard InChI is InChI=1S/C25H30N4O3/c1-18-6-8-20(9-7-18)24-17-23(21-4-3-5-22(16-21)29(31)32)26-28(24)25(30)12-15-27-13-10-19(2)11-14-27/h3-9,16,19,24H,10-15,17H2,1-2H3/t24-/m0/s1. The lowest BCUT2D eigenvalue weighted by atomic mass is 9.97. The van der Waals surface area contributed by atoms with E-state index in [4.69, 9.17) is 0 Å². The number of likely N-dealkylation sites (tertiary alicyclic amines) is 1. The quantitative estimate of drug-likeness (QED) is 0.487. The molecule has 7 heteroatoms. The van der Waals surface area contributed by atoms with Crippen LogP contribution in [-0.4, -0.2) is 46.1 Å². The van der Waals surface area contributed by atoms with Gasteiger partial charge in [-0.2, -0.15) is 5.10 Å². The van der Waals surface area contributed by atoms with Crippen molar-refractivity contribution in [2.45, 2.75) is 45.6 Å². The molecule has 0 radical (unpaired) electrons. The average molecular weight is 435 g/mol. The number of rotatable bonds is 6. The molecule has 0 aromatic heterocycles. The van der Waals surface area contributed by atoms with Gasteiger partial charge in [-0.25, -0.2) is 5.01 Å². The van der Waals surface area contributed by atoms with Crippen LogP contribution >= 0.6 is 0 Å².